The maximum absolute atomic E-state index is 10.1. The van der Waals surface area contributed by atoms with Crippen molar-refractivity contribution in [1.29, 1.82) is 0 Å². The molecule has 0 bridgehead atoms. The molecule has 24 heavy (non-hydrogen) atoms. The van der Waals surface area contributed by atoms with Crippen molar-refractivity contribution in [2.75, 3.05) is 13.2 Å². The number of nitrogens with one attached hydrogen (secondary N) is 1. The van der Waals surface area contributed by atoms with Crippen LogP contribution in [0.25, 0.3) is 0 Å². The molecule has 0 aliphatic rings. The molecule has 0 fully saturated rings. The van der Waals surface area contributed by atoms with Crippen LogP contribution < -0.4 is 10.1 Å². The van der Waals surface area contributed by atoms with Crippen LogP contribution in [0.2, 0.25) is 5.02 Å². The van der Waals surface area contributed by atoms with Crippen LogP contribution in [-0.2, 0) is 0 Å². The summed E-state index contributed by atoms with van der Waals surface area (Å²) in [6, 6.07) is 13.9. The molecule has 2 aromatic rings. The van der Waals surface area contributed by atoms with Gasteiger partial charge in [-0.25, -0.2) is 0 Å². The SMILES string of the molecule is Cc1cccc(C)c1OCC(O)CNC(C)c1cccc(Cl)c1.Cl. The zero-order chi connectivity index (χ0) is 16.8. The molecule has 2 rings (SSSR count). The number of benzene rings is 2. The Morgan fingerprint density at radius 3 is 2.38 bits per heavy atom. The van der Waals surface area contributed by atoms with Gasteiger partial charge in [0.2, 0.25) is 0 Å². The van der Waals surface area contributed by atoms with E-state index in [1.807, 2.05) is 63.2 Å². The lowest BCUT2D eigenvalue weighted by molar-refractivity contribution is 0.103. The Labute approximate surface area is 155 Å². The Morgan fingerprint density at radius 1 is 1.12 bits per heavy atom. The van der Waals surface area contributed by atoms with Gasteiger partial charge in [0.25, 0.3) is 0 Å². The minimum atomic E-state index is -0.573. The number of ether oxygens (including phenoxy) is 1. The highest BCUT2D eigenvalue weighted by molar-refractivity contribution is 6.30. The molecule has 0 radical (unpaired) electrons. The second kappa shape index (κ2) is 9.90. The molecule has 2 unspecified atom stereocenters. The number of hydrogen-bond donors (Lipinski definition) is 2. The first kappa shape index (κ1) is 20.8. The van der Waals surface area contributed by atoms with E-state index in [0.29, 0.717) is 6.54 Å². The topological polar surface area (TPSA) is 41.5 Å². The monoisotopic (exact) mass is 369 g/mol. The minimum Gasteiger partial charge on any atom is -0.490 e. The van der Waals surface area contributed by atoms with E-state index in [-0.39, 0.29) is 25.1 Å². The van der Waals surface area contributed by atoms with E-state index in [1.54, 1.807) is 0 Å². The molecule has 2 N–H and O–H groups in total. The lowest BCUT2D eigenvalue weighted by atomic mass is 10.1. The van der Waals surface area contributed by atoms with Gasteiger partial charge < -0.3 is 15.2 Å². The highest BCUT2D eigenvalue weighted by Crippen LogP contribution is 2.22. The van der Waals surface area contributed by atoms with Crippen LogP contribution in [0, 0.1) is 13.8 Å². The first-order chi connectivity index (χ1) is 11.0. The van der Waals surface area contributed by atoms with Gasteiger partial charge in [0.05, 0.1) is 0 Å². The minimum absolute atomic E-state index is 0. The van der Waals surface area contributed by atoms with Crippen molar-refractivity contribution in [3.63, 3.8) is 0 Å². The Balaban J connectivity index is 0.00000288. The van der Waals surface area contributed by atoms with Crippen LogP contribution in [0.5, 0.6) is 5.75 Å². The quantitative estimate of drug-likeness (QED) is 0.756. The zero-order valence-electron chi connectivity index (χ0n) is 14.3. The second-order valence-electron chi connectivity index (χ2n) is 5.87. The molecule has 5 heteroatoms. The fraction of sp³-hybridized carbons (Fsp3) is 0.368. The Kier molecular flexibility index (Phi) is 8.57. The van der Waals surface area contributed by atoms with Gasteiger partial charge in [0.15, 0.2) is 0 Å². The van der Waals surface area contributed by atoms with Crippen molar-refractivity contribution in [3.05, 3.63) is 64.2 Å². The Bertz CT molecular complexity index is 629. The summed E-state index contributed by atoms with van der Waals surface area (Å²) < 4.78 is 5.78. The molecule has 0 heterocycles. The third kappa shape index (κ3) is 5.99. The number of halogens is 2. The van der Waals surface area contributed by atoms with Crippen LogP contribution >= 0.6 is 24.0 Å². The molecule has 2 aromatic carbocycles. The highest BCUT2D eigenvalue weighted by Gasteiger charge is 2.11. The normalized spacial score (nSPS) is 13.0. The van der Waals surface area contributed by atoms with Crippen LogP contribution in [0.1, 0.15) is 29.7 Å². The van der Waals surface area contributed by atoms with Crippen LogP contribution in [-0.4, -0.2) is 24.4 Å². The third-order valence-electron chi connectivity index (χ3n) is 3.84. The summed E-state index contributed by atoms with van der Waals surface area (Å²) >= 11 is 6.00. The van der Waals surface area contributed by atoms with E-state index >= 15 is 0 Å². The van der Waals surface area contributed by atoms with Crippen molar-refractivity contribution in [2.45, 2.75) is 32.9 Å². The van der Waals surface area contributed by atoms with E-state index in [2.05, 4.69) is 5.32 Å². The van der Waals surface area contributed by atoms with E-state index in [1.165, 1.54) is 0 Å². The van der Waals surface area contributed by atoms with Crippen molar-refractivity contribution in [2.24, 2.45) is 0 Å². The summed E-state index contributed by atoms with van der Waals surface area (Å²) in [7, 11) is 0. The molecule has 0 saturated heterocycles. The van der Waals surface area contributed by atoms with Crippen LogP contribution in [0.3, 0.4) is 0 Å². The molecule has 0 spiro atoms. The van der Waals surface area contributed by atoms with Crippen molar-refractivity contribution in [3.8, 4) is 5.75 Å². The number of rotatable bonds is 7. The number of aryl methyl sites for hydroxylation is 2. The molecule has 0 saturated carbocycles. The van der Waals surface area contributed by atoms with Gasteiger partial charge >= 0.3 is 0 Å². The first-order valence-electron chi connectivity index (χ1n) is 7.83. The summed E-state index contributed by atoms with van der Waals surface area (Å²) in [5.41, 5.74) is 3.26. The third-order valence-corrected chi connectivity index (χ3v) is 4.07. The van der Waals surface area contributed by atoms with Gasteiger partial charge in [-0.2, -0.15) is 0 Å². The summed E-state index contributed by atoms with van der Waals surface area (Å²) in [4.78, 5) is 0. The molecular formula is C19H25Cl2NO2. The fourth-order valence-electron chi connectivity index (χ4n) is 2.47. The Morgan fingerprint density at radius 2 is 1.75 bits per heavy atom. The van der Waals surface area contributed by atoms with Gasteiger partial charge in [0.1, 0.15) is 18.5 Å². The molecule has 0 aromatic heterocycles. The predicted molar refractivity (Wildman–Crippen MR) is 103 cm³/mol. The smallest absolute Gasteiger partial charge is 0.125 e. The van der Waals surface area contributed by atoms with E-state index in [9.17, 15) is 5.11 Å². The van der Waals surface area contributed by atoms with Gasteiger partial charge in [-0.3, -0.25) is 0 Å². The van der Waals surface area contributed by atoms with Gasteiger partial charge in [0, 0.05) is 17.6 Å². The Hall–Kier alpha value is -1.26. The van der Waals surface area contributed by atoms with Crippen molar-refractivity contribution < 1.29 is 9.84 Å². The lowest BCUT2D eigenvalue weighted by Gasteiger charge is -2.19. The van der Waals surface area contributed by atoms with Gasteiger partial charge in [-0.1, -0.05) is 41.9 Å². The number of para-hydroxylation sites is 1. The first-order valence-corrected chi connectivity index (χ1v) is 8.21. The maximum atomic E-state index is 10.1. The van der Waals surface area contributed by atoms with Gasteiger partial charge in [-0.15, -0.1) is 12.4 Å². The molecule has 0 aliphatic carbocycles. The molecule has 2 atom stereocenters. The molecular weight excluding hydrogens is 345 g/mol. The number of aliphatic hydroxyl groups excluding tert-OH is 1. The summed E-state index contributed by atoms with van der Waals surface area (Å²) in [6.45, 7) is 6.78. The van der Waals surface area contributed by atoms with E-state index in [4.69, 9.17) is 16.3 Å². The average Bonchev–Trinajstić information content (AvgIpc) is 2.52. The van der Waals surface area contributed by atoms with Gasteiger partial charge in [-0.05, 0) is 49.6 Å². The van der Waals surface area contributed by atoms with Crippen molar-refractivity contribution >= 4 is 24.0 Å². The number of hydrogen-bond acceptors (Lipinski definition) is 3. The lowest BCUT2D eigenvalue weighted by Crippen LogP contribution is -2.33. The molecule has 0 aliphatic heterocycles. The number of aliphatic hydroxyl groups is 1. The standard InChI is InChI=1S/C19H24ClNO2.ClH/c1-13-6-4-7-14(2)19(13)23-12-18(22)11-21-15(3)16-8-5-9-17(20)10-16;/h4-10,15,18,21-22H,11-12H2,1-3H3;1H. The largest absolute Gasteiger partial charge is 0.490 e. The maximum Gasteiger partial charge on any atom is 0.125 e. The van der Waals surface area contributed by atoms with Crippen molar-refractivity contribution in [1.82, 2.24) is 5.32 Å². The summed E-state index contributed by atoms with van der Waals surface area (Å²) in [5, 5.41) is 14.1. The molecule has 3 nitrogen and oxygen atoms in total. The predicted octanol–water partition coefficient (Wildman–Crippen LogP) is 4.47. The summed E-state index contributed by atoms with van der Waals surface area (Å²) in [6.07, 6.45) is -0.573. The molecule has 132 valence electrons. The highest BCUT2D eigenvalue weighted by atomic mass is 35.5. The average molecular weight is 370 g/mol. The van der Waals surface area contributed by atoms with Crippen LogP contribution in [0.4, 0.5) is 0 Å². The van der Waals surface area contributed by atoms with E-state index < -0.39 is 6.10 Å². The fourth-order valence-corrected chi connectivity index (χ4v) is 2.67. The molecule has 0 amide bonds. The summed E-state index contributed by atoms with van der Waals surface area (Å²) in [5.74, 6) is 0.856. The zero-order valence-corrected chi connectivity index (χ0v) is 15.8. The second-order valence-corrected chi connectivity index (χ2v) is 6.31. The van der Waals surface area contributed by atoms with Crippen LogP contribution in [0.15, 0.2) is 42.5 Å². The van der Waals surface area contributed by atoms with E-state index in [0.717, 1.165) is 27.5 Å².